The van der Waals surface area contributed by atoms with E-state index in [9.17, 15) is 14.4 Å². The van der Waals surface area contributed by atoms with Crippen LogP contribution in [0.25, 0.3) is 0 Å². The van der Waals surface area contributed by atoms with Crippen LogP contribution < -0.4 is 5.73 Å². The fourth-order valence-electron chi connectivity index (χ4n) is 0.558. The first-order valence-electron chi connectivity index (χ1n) is 3.79. The number of hydrogen-bond acceptors (Lipinski definition) is 6. The maximum atomic E-state index is 10.8. The van der Waals surface area contributed by atoms with Crippen molar-refractivity contribution in [2.45, 2.75) is 25.8 Å². The average Bonchev–Trinajstić information content (AvgIpc) is 2.09. The van der Waals surface area contributed by atoms with Crippen LogP contribution in [0.3, 0.4) is 0 Å². The Labute approximate surface area is 79.7 Å². The Balaban J connectivity index is 3.76. The van der Waals surface area contributed by atoms with Crippen molar-refractivity contribution in [3.05, 3.63) is 0 Å². The van der Waals surface area contributed by atoms with Crippen LogP contribution in [0.15, 0.2) is 0 Å². The molecule has 7 nitrogen and oxygen atoms in total. The SMILES string of the molecule is CC(=O)OOC(=O)[C@@H](N)CCC(=O)O. The van der Waals surface area contributed by atoms with E-state index >= 15 is 0 Å². The smallest absolute Gasteiger partial charge is 0.372 e. The Morgan fingerprint density at radius 3 is 2.36 bits per heavy atom. The molecular formula is C7H11NO6. The van der Waals surface area contributed by atoms with Crippen LogP contribution in [0.2, 0.25) is 0 Å². The maximum absolute atomic E-state index is 10.8. The zero-order valence-electron chi connectivity index (χ0n) is 7.56. The summed E-state index contributed by atoms with van der Waals surface area (Å²) in [5.41, 5.74) is 5.22. The normalized spacial score (nSPS) is 11.6. The first-order chi connectivity index (χ1) is 6.43. The van der Waals surface area contributed by atoms with E-state index < -0.39 is 23.9 Å². The van der Waals surface area contributed by atoms with Crippen molar-refractivity contribution in [1.82, 2.24) is 0 Å². The van der Waals surface area contributed by atoms with Crippen molar-refractivity contribution < 1.29 is 29.3 Å². The van der Waals surface area contributed by atoms with Crippen molar-refractivity contribution in [2.24, 2.45) is 5.73 Å². The molecule has 7 heteroatoms. The summed E-state index contributed by atoms with van der Waals surface area (Å²) in [5, 5.41) is 8.27. The molecule has 0 spiro atoms. The van der Waals surface area contributed by atoms with E-state index in [1.165, 1.54) is 0 Å². The van der Waals surface area contributed by atoms with Crippen LogP contribution in [-0.2, 0) is 24.2 Å². The summed E-state index contributed by atoms with van der Waals surface area (Å²) >= 11 is 0. The van der Waals surface area contributed by atoms with Crippen LogP contribution in [0.4, 0.5) is 0 Å². The molecule has 0 aliphatic rings. The van der Waals surface area contributed by atoms with Crippen molar-refractivity contribution >= 4 is 17.9 Å². The average molecular weight is 205 g/mol. The Bertz CT molecular complexity index is 238. The second-order valence-corrected chi connectivity index (χ2v) is 2.52. The van der Waals surface area contributed by atoms with E-state index in [1.54, 1.807) is 0 Å². The molecule has 0 aromatic heterocycles. The van der Waals surface area contributed by atoms with E-state index in [0.29, 0.717) is 0 Å². The molecule has 1 atom stereocenters. The molecule has 0 bridgehead atoms. The van der Waals surface area contributed by atoms with E-state index in [2.05, 4.69) is 9.78 Å². The fourth-order valence-corrected chi connectivity index (χ4v) is 0.558. The highest BCUT2D eigenvalue weighted by atomic mass is 17.2. The molecule has 0 aliphatic carbocycles. The van der Waals surface area contributed by atoms with Gasteiger partial charge < -0.3 is 10.8 Å². The lowest BCUT2D eigenvalue weighted by Gasteiger charge is -2.06. The predicted octanol–water partition coefficient (Wildman–Crippen LogP) is -0.800. The van der Waals surface area contributed by atoms with Gasteiger partial charge in [-0.05, 0) is 6.42 Å². The molecule has 0 fully saturated rings. The highest BCUT2D eigenvalue weighted by Crippen LogP contribution is 1.97. The third kappa shape index (κ3) is 5.95. The molecule has 0 rings (SSSR count). The summed E-state index contributed by atoms with van der Waals surface area (Å²) in [7, 11) is 0. The third-order valence-corrected chi connectivity index (χ3v) is 1.21. The van der Waals surface area contributed by atoms with Gasteiger partial charge in [-0.25, -0.2) is 19.4 Å². The minimum absolute atomic E-state index is 0.0740. The topological polar surface area (TPSA) is 116 Å². The molecule has 0 aliphatic heterocycles. The number of carboxylic acids is 1. The largest absolute Gasteiger partial charge is 0.481 e. The lowest BCUT2D eigenvalue weighted by atomic mass is 10.2. The van der Waals surface area contributed by atoms with Gasteiger partial charge in [0.25, 0.3) is 0 Å². The van der Waals surface area contributed by atoms with Gasteiger partial charge in [-0.3, -0.25) is 4.79 Å². The second-order valence-electron chi connectivity index (χ2n) is 2.52. The summed E-state index contributed by atoms with van der Waals surface area (Å²) < 4.78 is 0. The molecule has 0 aromatic rings. The second kappa shape index (κ2) is 5.92. The Hall–Kier alpha value is -1.63. The number of hydrogen-bond donors (Lipinski definition) is 2. The van der Waals surface area contributed by atoms with Gasteiger partial charge in [-0.1, -0.05) is 0 Å². The van der Waals surface area contributed by atoms with Gasteiger partial charge in [-0.15, -0.1) is 0 Å². The van der Waals surface area contributed by atoms with E-state index in [4.69, 9.17) is 10.8 Å². The first kappa shape index (κ1) is 12.4. The van der Waals surface area contributed by atoms with Gasteiger partial charge in [0.2, 0.25) is 0 Å². The third-order valence-electron chi connectivity index (χ3n) is 1.21. The molecule has 0 amide bonds. The standard InChI is InChI=1S/C7H11NO6/c1-4(9)13-14-7(12)5(8)2-3-6(10)11/h5H,2-3,8H2,1H3,(H,10,11)/t5-/m0/s1. The maximum Gasteiger partial charge on any atom is 0.372 e. The molecule has 0 saturated heterocycles. The van der Waals surface area contributed by atoms with Crippen molar-refractivity contribution in [3.8, 4) is 0 Å². The Morgan fingerprint density at radius 2 is 1.93 bits per heavy atom. The summed E-state index contributed by atoms with van der Waals surface area (Å²) in [5.74, 6) is -2.83. The number of rotatable bonds is 4. The lowest BCUT2D eigenvalue weighted by molar-refractivity contribution is -0.258. The zero-order chi connectivity index (χ0) is 11.1. The molecule has 0 unspecified atom stereocenters. The fraction of sp³-hybridized carbons (Fsp3) is 0.571. The van der Waals surface area contributed by atoms with Gasteiger partial charge in [0.05, 0.1) is 0 Å². The predicted molar refractivity (Wildman–Crippen MR) is 42.7 cm³/mol. The Morgan fingerprint density at radius 1 is 1.36 bits per heavy atom. The van der Waals surface area contributed by atoms with Crippen LogP contribution in [-0.4, -0.2) is 29.1 Å². The molecule has 14 heavy (non-hydrogen) atoms. The summed E-state index contributed by atoms with van der Waals surface area (Å²) in [6.45, 7) is 1.05. The molecule has 0 saturated carbocycles. The van der Waals surface area contributed by atoms with E-state index in [-0.39, 0.29) is 12.8 Å². The highest BCUT2D eigenvalue weighted by Gasteiger charge is 2.18. The van der Waals surface area contributed by atoms with Gasteiger partial charge in [0, 0.05) is 13.3 Å². The van der Waals surface area contributed by atoms with Gasteiger partial charge >= 0.3 is 17.9 Å². The monoisotopic (exact) mass is 205 g/mol. The van der Waals surface area contributed by atoms with Gasteiger partial charge in [0.1, 0.15) is 6.04 Å². The number of carbonyl (C=O) groups is 3. The van der Waals surface area contributed by atoms with E-state index in [0.717, 1.165) is 6.92 Å². The van der Waals surface area contributed by atoms with E-state index in [1.807, 2.05) is 0 Å². The summed E-state index contributed by atoms with van der Waals surface area (Å²) in [6, 6.07) is -1.11. The molecule has 0 aromatic carbocycles. The van der Waals surface area contributed by atoms with Crippen LogP contribution >= 0.6 is 0 Å². The number of aliphatic carboxylic acids is 1. The Kier molecular flexibility index (Phi) is 5.23. The quantitative estimate of drug-likeness (QED) is 0.455. The lowest BCUT2D eigenvalue weighted by Crippen LogP contribution is -2.33. The summed E-state index contributed by atoms with van der Waals surface area (Å²) in [4.78, 5) is 39.1. The molecule has 0 radical (unpaired) electrons. The van der Waals surface area contributed by atoms with Crippen LogP contribution in [0.1, 0.15) is 19.8 Å². The number of carbonyl (C=O) groups excluding carboxylic acids is 2. The molecule has 0 heterocycles. The highest BCUT2D eigenvalue weighted by molar-refractivity contribution is 5.77. The zero-order valence-corrected chi connectivity index (χ0v) is 7.56. The number of carboxylic acid groups (broad SMARTS) is 1. The first-order valence-corrected chi connectivity index (χ1v) is 3.79. The molecule has 3 N–H and O–H groups in total. The summed E-state index contributed by atoms with van der Waals surface area (Å²) in [6.07, 6.45) is -0.328. The van der Waals surface area contributed by atoms with Crippen molar-refractivity contribution in [3.63, 3.8) is 0 Å². The molecule has 80 valence electrons. The number of nitrogens with two attached hydrogens (primary N) is 1. The van der Waals surface area contributed by atoms with Crippen molar-refractivity contribution in [1.29, 1.82) is 0 Å². The molecular weight excluding hydrogens is 194 g/mol. The van der Waals surface area contributed by atoms with Gasteiger partial charge in [0.15, 0.2) is 0 Å². The van der Waals surface area contributed by atoms with Gasteiger partial charge in [-0.2, -0.15) is 0 Å². The minimum atomic E-state index is -1.11. The van der Waals surface area contributed by atoms with Crippen LogP contribution in [0.5, 0.6) is 0 Å². The van der Waals surface area contributed by atoms with Crippen LogP contribution in [0, 0.1) is 0 Å². The van der Waals surface area contributed by atoms with Crippen molar-refractivity contribution in [2.75, 3.05) is 0 Å². The minimum Gasteiger partial charge on any atom is -0.481 e.